The molecule has 0 bridgehead atoms. The largest absolute Gasteiger partial charge is 0.339 e. The Morgan fingerprint density at radius 1 is 1.16 bits per heavy atom. The molecule has 96 valence electrons. The number of hydrogen-bond donors (Lipinski definition) is 1. The minimum absolute atomic E-state index is 0.169. The molecule has 1 N–H and O–H groups in total. The van der Waals surface area contributed by atoms with Crippen LogP contribution in [0.2, 0.25) is 15.2 Å². The van der Waals surface area contributed by atoms with E-state index in [1.54, 1.807) is 12.1 Å². The molecular weight excluding hydrogens is 305 g/mol. The van der Waals surface area contributed by atoms with E-state index in [1.165, 1.54) is 6.07 Å². The van der Waals surface area contributed by atoms with E-state index in [4.69, 9.17) is 40.1 Å². The lowest BCUT2D eigenvalue weighted by atomic mass is 10.1. The Balaban J connectivity index is 2.42. The van der Waals surface area contributed by atoms with Crippen LogP contribution in [-0.4, -0.2) is 4.98 Å². The van der Waals surface area contributed by atoms with Crippen LogP contribution in [0.1, 0.15) is 11.1 Å². The summed E-state index contributed by atoms with van der Waals surface area (Å²) >= 11 is 17.7. The van der Waals surface area contributed by atoms with Gasteiger partial charge in [0.05, 0.1) is 21.7 Å². The second-order valence-electron chi connectivity index (χ2n) is 3.86. The number of anilines is 2. The van der Waals surface area contributed by atoms with E-state index in [2.05, 4.69) is 16.4 Å². The van der Waals surface area contributed by atoms with Crippen LogP contribution in [-0.2, 0) is 0 Å². The van der Waals surface area contributed by atoms with Gasteiger partial charge >= 0.3 is 0 Å². The molecule has 0 saturated carbocycles. The maximum atomic E-state index is 8.90. The molecule has 2 aromatic rings. The fraction of sp³-hybridized carbons (Fsp3) is 0.0769. The minimum atomic E-state index is 0.169. The van der Waals surface area contributed by atoms with Crippen LogP contribution >= 0.6 is 34.8 Å². The Labute approximate surface area is 125 Å². The van der Waals surface area contributed by atoms with Gasteiger partial charge in [0.25, 0.3) is 0 Å². The number of pyridine rings is 1. The second-order valence-corrected chi connectivity index (χ2v) is 5.03. The van der Waals surface area contributed by atoms with Gasteiger partial charge in [0.2, 0.25) is 0 Å². The quantitative estimate of drug-likeness (QED) is 0.797. The number of nitrogens with one attached hydrogen (secondary N) is 1. The predicted octanol–water partition coefficient (Wildman–Crippen LogP) is 4.97. The third kappa shape index (κ3) is 3.10. The molecule has 19 heavy (non-hydrogen) atoms. The van der Waals surface area contributed by atoms with Crippen LogP contribution in [0.15, 0.2) is 24.3 Å². The minimum Gasteiger partial charge on any atom is -0.339 e. The zero-order valence-electron chi connectivity index (χ0n) is 9.84. The molecule has 0 radical (unpaired) electrons. The van der Waals surface area contributed by atoms with E-state index in [9.17, 15) is 0 Å². The third-order valence-electron chi connectivity index (χ3n) is 2.51. The Morgan fingerprint density at radius 3 is 2.58 bits per heavy atom. The van der Waals surface area contributed by atoms with Gasteiger partial charge in [-0.3, -0.25) is 0 Å². The molecule has 1 aromatic heterocycles. The molecule has 0 atom stereocenters. The molecule has 0 fully saturated rings. The maximum absolute atomic E-state index is 8.90. The highest BCUT2D eigenvalue weighted by molar-refractivity contribution is 6.43. The monoisotopic (exact) mass is 311 g/mol. The van der Waals surface area contributed by atoms with Gasteiger partial charge in [0.15, 0.2) is 5.82 Å². The van der Waals surface area contributed by atoms with Gasteiger partial charge in [0.1, 0.15) is 5.15 Å². The highest BCUT2D eigenvalue weighted by atomic mass is 35.5. The average Bonchev–Trinajstić information content (AvgIpc) is 2.38. The first-order valence-electron chi connectivity index (χ1n) is 5.30. The van der Waals surface area contributed by atoms with Crippen LogP contribution in [0.5, 0.6) is 0 Å². The number of nitrogens with zero attached hydrogens (tertiary/aromatic N) is 2. The molecule has 0 aliphatic carbocycles. The lowest BCUT2D eigenvalue weighted by Crippen LogP contribution is -1.98. The summed E-state index contributed by atoms with van der Waals surface area (Å²) in [5, 5.41) is 12.8. The normalized spacial score (nSPS) is 10.1. The van der Waals surface area contributed by atoms with Crippen molar-refractivity contribution >= 4 is 46.3 Å². The van der Waals surface area contributed by atoms with E-state index >= 15 is 0 Å². The first-order valence-corrected chi connectivity index (χ1v) is 6.44. The average molecular weight is 313 g/mol. The zero-order valence-corrected chi connectivity index (χ0v) is 12.1. The van der Waals surface area contributed by atoms with Crippen molar-refractivity contribution in [1.29, 1.82) is 5.26 Å². The van der Waals surface area contributed by atoms with E-state index in [0.717, 1.165) is 11.3 Å². The smallest absolute Gasteiger partial charge is 0.151 e. The van der Waals surface area contributed by atoms with Crippen molar-refractivity contribution in [3.8, 4) is 6.07 Å². The third-order valence-corrected chi connectivity index (χ3v) is 3.47. The van der Waals surface area contributed by atoms with Gasteiger partial charge in [-0.2, -0.15) is 5.26 Å². The van der Waals surface area contributed by atoms with Crippen molar-refractivity contribution in [3.05, 3.63) is 50.6 Å². The zero-order chi connectivity index (χ0) is 14.0. The number of rotatable bonds is 2. The predicted molar refractivity (Wildman–Crippen MR) is 78.4 cm³/mol. The molecule has 6 heteroatoms. The van der Waals surface area contributed by atoms with Crippen molar-refractivity contribution in [1.82, 2.24) is 4.98 Å². The Kier molecular flexibility index (Phi) is 4.16. The number of aromatic nitrogens is 1. The van der Waals surface area contributed by atoms with E-state index in [1.807, 2.05) is 13.0 Å². The SMILES string of the molecule is Cc1ccc(C#N)cc1Nc1nc(Cl)c(Cl)cc1Cl. The van der Waals surface area contributed by atoms with Gasteiger partial charge in [-0.15, -0.1) is 0 Å². The van der Waals surface area contributed by atoms with E-state index in [-0.39, 0.29) is 5.15 Å². The maximum Gasteiger partial charge on any atom is 0.151 e. The fourth-order valence-electron chi connectivity index (χ4n) is 1.49. The Hall–Kier alpha value is -1.47. The molecule has 0 aliphatic rings. The summed E-state index contributed by atoms with van der Waals surface area (Å²) in [5.74, 6) is 0.397. The highest BCUT2D eigenvalue weighted by Crippen LogP contribution is 2.31. The van der Waals surface area contributed by atoms with Crippen LogP contribution in [0.25, 0.3) is 0 Å². The molecule has 1 aromatic carbocycles. The second kappa shape index (κ2) is 5.66. The summed E-state index contributed by atoms with van der Waals surface area (Å²) < 4.78 is 0. The topological polar surface area (TPSA) is 48.7 Å². The standard InChI is InChI=1S/C13H8Cl3N3/c1-7-2-3-8(6-17)4-11(7)18-13-10(15)5-9(14)12(16)19-13/h2-5H,1H3,(H,18,19). The van der Waals surface area contributed by atoms with Crippen LogP contribution < -0.4 is 5.32 Å². The van der Waals surface area contributed by atoms with Crippen molar-refractivity contribution in [3.63, 3.8) is 0 Å². The van der Waals surface area contributed by atoms with Gasteiger partial charge in [-0.05, 0) is 30.7 Å². The molecule has 2 rings (SSSR count). The van der Waals surface area contributed by atoms with Crippen molar-refractivity contribution in [2.45, 2.75) is 6.92 Å². The van der Waals surface area contributed by atoms with Gasteiger partial charge in [-0.25, -0.2) is 4.98 Å². The lowest BCUT2D eigenvalue weighted by Gasteiger charge is -2.11. The molecule has 1 heterocycles. The highest BCUT2D eigenvalue weighted by Gasteiger charge is 2.09. The number of halogens is 3. The van der Waals surface area contributed by atoms with E-state index in [0.29, 0.717) is 21.4 Å². The number of hydrogen-bond acceptors (Lipinski definition) is 3. The van der Waals surface area contributed by atoms with Gasteiger partial charge in [0, 0.05) is 5.69 Å². The summed E-state index contributed by atoms with van der Waals surface area (Å²) in [6, 6.07) is 8.89. The van der Waals surface area contributed by atoms with E-state index < -0.39 is 0 Å². The molecule has 0 unspecified atom stereocenters. The Morgan fingerprint density at radius 2 is 1.89 bits per heavy atom. The van der Waals surface area contributed by atoms with Crippen LogP contribution in [0.4, 0.5) is 11.5 Å². The molecule has 0 aliphatic heterocycles. The Bertz CT molecular complexity index is 678. The van der Waals surface area contributed by atoms with Gasteiger partial charge in [-0.1, -0.05) is 40.9 Å². The first-order chi connectivity index (χ1) is 9.01. The van der Waals surface area contributed by atoms with Crippen molar-refractivity contribution in [2.75, 3.05) is 5.32 Å². The van der Waals surface area contributed by atoms with Crippen molar-refractivity contribution < 1.29 is 0 Å². The number of aryl methyl sites for hydroxylation is 1. The molecule has 0 amide bonds. The summed E-state index contributed by atoms with van der Waals surface area (Å²) in [4.78, 5) is 4.07. The fourth-order valence-corrected chi connectivity index (χ4v) is 2.03. The summed E-state index contributed by atoms with van der Waals surface area (Å²) in [6.07, 6.45) is 0. The number of benzene rings is 1. The molecular formula is C13H8Cl3N3. The number of nitriles is 1. The molecule has 3 nitrogen and oxygen atoms in total. The summed E-state index contributed by atoms with van der Waals surface area (Å²) in [5.41, 5.74) is 2.25. The van der Waals surface area contributed by atoms with Crippen LogP contribution in [0, 0.1) is 18.3 Å². The van der Waals surface area contributed by atoms with Crippen LogP contribution in [0.3, 0.4) is 0 Å². The molecule has 0 saturated heterocycles. The van der Waals surface area contributed by atoms with Gasteiger partial charge < -0.3 is 5.32 Å². The summed E-state index contributed by atoms with van der Waals surface area (Å²) in [7, 11) is 0. The molecule has 0 spiro atoms. The first kappa shape index (κ1) is 14.0. The summed E-state index contributed by atoms with van der Waals surface area (Å²) in [6.45, 7) is 1.91. The van der Waals surface area contributed by atoms with Crippen molar-refractivity contribution in [2.24, 2.45) is 0 Å². The lowest BCUT2D eigenvalue weighted by molar-refractivity contribution is 1.29.